The molecule has 13 heteroatoms. The quantitative estimate of drug-likeness (QED) is 0.284. The highest BCUT2D eigenvalue weighted by Gasteiger charge is 2.26. The molecule has 5 rings (SSSR count). The Bertz CT molecular complexity index is 1790. The first-order valence-corrected chi connectivity index (χ1v) is 12.0. The van der Waals surface area contributed by atoms with Gasteiger partial charge in [-0.15, -0.1) is 0 Å². The Hall–Kier alpha value is -4.78. The first-order chi connectivity index (χ1) is 17.6. The summed E-state index contributed by atoms with van der Waals surface area (Å²) in [6, 6.07) is 7.15. The van der Waals surface area contributed by atoms with Gasteiger partial charge in [-0.05, 0) is 36.4 Å². The van der Waals surface area contributed by atoms with Crippen LogP contribution in [0.25, 0.3) is 22.3 Å². The number of hydrogen-bond acceptors (Lipinski definition) is 7. The van der Waals surface area contributed by atoms with Crippen molar-refractivity contribution in [1.82, 2.24) is 19.9 Å². The number of pyridine rings is 1. The lowest BCUT2D eigenvalue weighted by atomic mass is 10.0. The van der Waals surface area contributed by atoms with Gasteiger partial charge in [0, 0.05) is 28.9 Å². The van der Waals surface area contributed by atoms with Gasteiger partial charge in [-0.3, -0.25) is 14.5 Å². The number of hydrogen-bond donors (Lipinski definition) is 3. The number of carbonyl (C=O) groups excluding carboxylic acids is 1. The Morgan fingerprint density at radius 1 is 0.973 bits per heavy atom. The average Bonchev–Trinajstić information content (AvgIpc) is 3.29. The van der Waals surface area contributed by atoms with E-state index in [9.17, 15) is 22.0 Å². The molecule has 0 aliphatic carbocycles. The van der Waals surface area contributed by atoms with Gasteiger partial charge in [-0.1, -0.05) is 6.07 Å². The number of H-pyrrole nitrogens is 1. The van der Waals surface area contributed by atoms with Crippen LogP contribution in [0.3, 0.4) is 0 Å². The highest BCUT2D eigenvalue weighted by atomic mass is 32.2. The Morgan fingerprint density at radius 3 is 2.51 bits per heavy atom. The number of aromatic amines is 1. The van der Waals surface area contributed by atoms with Gasteiger partial charge < -0.3 is 10.7 Å². The Kier molecular flexibility index (Phi) is 5.84. The summed E-state index contributed by atoms with van der Waals surface area (Å²) in [4.78, 5) is 27.9. The van der Waals surface area contributed by atoms with Crippen LogP contribution in [-0.2, 0) is 10.0 Å². The smallest absolute Gasteiger partial charge is 0.262 e. The number of sulfonamides is 1. The van der Waals surface area contributed by atoms with Crippen LogP contribution < -0.4 is 10.5 Å². The van der Waals surface area contributed by atoms with E-state index in [1.54, 1.807) is 6.07 Å². The molecule has 0 radical (unpaired) electrons. The molecule has 0 aliphatic heterocycles. The van der Waals surface area contributed by atoms with Crippen molar-refractivity contribution in [3.63, 3.8) is 0 Å². The fraction of sp³-hybridized carbons (Fsp3) is 0. The minimum absolute atomic E-state index is 0.115. The van der Waals surface area contributed by atoms with Gasteiger partial charge in [0.15, 0.2) is 5.82 Å². The van der Waals surface area contributed by atoms with Crippen LogP contribution in [0, 0.1) is 17.5 Å². The van der Waals surface area contributed by atoms with E-state index in [4.69, 9.17) is 5.73 Å². The van der Waals surface area contributed by atoms with Crippen molar-refractivity contribution in [3.8, 4) is 11.3 Å². The molecule has 37 heavy (non-hydrogen) atoms. The summed E-state index contributed by atoms with van der Waals surface area (Å²) in [5.74, 6) is -4.33. The third-order valence-electron chi connectivity index (χ3n) is 5.41. The maximum absolute atomic E-state index is 15.4. The average molecular weight is 524 g/mol. The topological polar surface area (TPSA) is 144 Å². The standard InChI is InChI=1S/C24H15F3N6O3S/c25-13-2-1-3-14(7-13)37(35,36)33-18-5-4-17(26)21(22(18)27)23(34)16-9-32-24-15(16)6-12(8-31-24)19-10-30-20(28)11-29-19/h1-11,33H,(H2,28,30)(H,31,32). The highest BCUT2D eigenvalue weighted by molar-refractivity contribution is 7.92. The Balaban J connectivity index is 1.55. The molecule has 0 unspecified atom stereocenters. The van der Waals surface area contributed by atoms with Crippen LogP contribution in [0.15, 0.2) is 72.1 Å². The van der Waals surface area contributed by atoms with Crippen LogP contribution in [0.2, 0.25) is 0 Å². The van der Waals surface area contributed by atoms with Crippen LogP contribution in [-0.4, -0.2) is 34.1 Å². The molecule has 0 fully saturated rings. The number of rotatable bonds is 6. The number of nitrogens with two attached hydrogens (primary N) is 1. The summed E-state index contributed by atoms with van der Waals surface area (Å²) < 4.78 is 70.7. The molecule has 4 N–H and O–H groups in total. The Morgan fingerprint density at radius 2 is 1.78 bits per heavy atom. The molecule has 186 valence electrons. The number of benzene rings is 2. The molecule has 5 aromatic rings. The summed E-state index contributed by atoms with van der Waals surface area (Å²) in [5, 5.41) is 0.241. The maximum atomic E-state index is 15.4. The van der Waals surface area contributed by atoms with Crippen molar-refractivity contribution >= 4 is 38.3 Å². The zero-order valence-corrected chi connectivity index (χ0v) is 19.4. The number of anilines is 2. The fourth-order valence-corrected chi connectivity index (χ4v) is 4.72. The number of aromatic nitrogens is 4. The molecule has 0 atom stereocenters. The van der Waals surface area contributed by atoms with Crippen LogP contribution in [0.4, 0.5) is 24.7 Å². The fourth-order valence-electron chi connectivity index (χ4n) is 3.63. The first-order valence-electron chi connectivity index (χ1n) is 10.5. The molecule has 0 saturated heterocycles. The predicted octanol–water partition coefficient (Wildman–Crippen LogP) is 4.05. The van der Waals surface area contributed by atoms with Gasteiger partial charge in [0.05, 0.1) is 34.2 Å². The van der Waals surface area contributed by atoms with Crippen LogP contribution >= 0.6 is 0 Å². The van der Waals surface area contributed by atoms with Crippen molar-refractivity contribution in [2.45, 2.75) is 4.90 Å². The van der Waals surface area contributed by atoms with Crippen molar-refractivity contribution in [2.75, 3.05) is 10.5 Å². The number of carbonyl (C=O) groups is 1. The third kappa shape index (κ3) is 4.47. The summed E-state index contributed by atoms with van der Waals surface area (Å²) in [6.45, 7) is 0. The molecule has 0 saturated carbocycles. The number of ketones is 1. The molecule has 9 nitrogen and oxygen atoms in total. The first kappa shape index (κ1) is 23.9. The molecule has 3 aromatic heterocycles. The normalized spacial score (nSPS) is 11.5. The maximum Gasteiger partial charge on any atom is 0.262 e. The number of nitrogens with zero attached hydrogens (tertiary/aromatic N) is 3. The van der Waals surface area contributed by atoms with Gasteiger partial charge >= 0.3 is 0 Å². The summed E-state index contributed by atoms with van der Waals surface area (Å²) in [7, 11) is -4.44. The van der Waals surface area contributed by atoms with E-state index in [-0.39, 0.29) is 22.4 Å². The van der Waals surface area contributed by atoms with Gasteiger partial charge in [0.1, 0.15) is 23.1 Å². The van der Waals surface area contributed by atoms with E-state index in [0.29, 0.717) is 11.3 Å². The third-order valence-corrected chi connectivity index (χ3v) is 6.78. The number of halogens is 3. The van der Waals surface area contributed by atoms with Crippen LogP contribution in [0.5, 0.6) is 0 Å². The molecule has 0 spiro atoms. The Labute approximate surface area is 207 Å². The van der Waals surface area contributed by atoms with E-state index in [2.05, 4.69) is 19.9 Å². The summed E-state index contributed by atoms with van der Waals surface area (Å²) in [5.41, 5.74) is 4.89. The number of nitrogens with one attached hydrogen (secondary N) is 2. The second kappa shape index (κ2) is 9.02. The monoisotopic (exact) mass is 524 g/mol. The minimum Gasteiger partial charge on any atom is -0.382 e. The van der Waals surface area contributed by atoms with Crippen molar-refractivity contribution in [3.05, 3.63) is 95.8 Å². The van der Waals surface area contributed by atoms with E-state index in [0.717, 1.165) is 36.4 Å². The van der Waals surface area contributed by atoms with Gasteiger partial charge in [0.25, 0.3) is 10.0 Å². The van der Waals surface area contributed by atoms with E-state index >= 15 is 4.39 Å². The molecule has 0 aliphatic rings. The second-order valence-electron chi connectivity index (χ2n) is 7.82. The molecule has 0 bridgehead atoms. The van der Waals surface area contributed by atoms with Crippen molar-refractivity contribution in [2.24, 2.45) is 0 Å². The molecular formula is C24H15F3N6O3S. The zero-order chi connectivity index (χ0) is 26.3. The SMILES string of the molecule is Nc1cnc(-c2cnc3[nH]cc(C(=O)c4c(F)ccc(NS(=O)(=O)c5cccc(F)c5)c4F)c3c2)cn1. The van der Waals surface area contributed by atoms with Crippen molar-refractivity contribution < 1.29 is 26.4 Å². The zero-order valence-electron chi connectivity index (χ0n) is 18.5. The van der Waals surface area contributed by atoms with E-state index < -0.39 is 49.4 Å². The lowest BCUT2D eigenvalue weighted by molar-refractivity contribution is 0.103. The highest BCUT2D eigenvalue weighted by Crippen LogP contribution is 2.30. The predicted molar refractivity (Wildman–Crippen MR) is 129 cm³/mol. The van der Waals surface area contributed by atoms with E-state index in [1.165, 1.54) is 24.8 Å². The molecule has 3 heterocycles. The van der Waals surface area contributed by atoms with Gasteiger partial charge in [-0.25, -0.2) is 31.6 Å². The minimum atomic E-state index is -4.44. The second-order valence-corrected chi connectivity index (χ2v) is 9.51. The van der Waals surface area contributed by atoms with Gasteiger partial charge in [-0.2, -0.15) is 0 Å². The lowest BCUT2D eigenvalue weighted by Crippen LogP contribution is -2.16. The largest absolute Gasteiger partial charge is 0.382 e. The van der Waals surface area contributed by atoms with Gasteiger partial charge in [0.2, 0.25) is 5.78 Å². The van der Waals surface area contributed by atoms with E-state index in [1.807, 2.05) is 4.72 Å². The lowest BCUT2D eigenvalue weighted by Gasteiger charge is -2.12. The molecule has 2 aromatic carbocycles. The molecule has 0 amide bonds. The summed E-state index contributed by atoms with van der Waals surface area (Å²) >= 11 is 0. The number of fused-ring (bicyclic) bond motifs is 1. The number of nitrogen functional groups attached to an aromatic ring is 1. The molecular weight excluding hydrogens is 509 g/mol. The van der Waals surface area contributed by atoms with Crippen molar-refractivity contribution in [1.29, 1.82) is 0 Å². The van der Waals surface area contributed by atoms with Crippen LogP contribution in [0.1, 0.15) is 15.9 Å². The summed E-state index contributed by atoms with van der Waals surface area (Å²) in [6.07, 6.45) is 5.45.